The summed E-state index contributed by atoms with van der Waals surface area (Å²) in [7, 11) is 4.65. The van der Waals surface area contributed by atoms with Gasteiger partial charge in [0.1, 0.15) is 5.65 Å². The van der Waals surface area contributed by atoms with Gasteiger partial charge in [0.25, 0.3) is 5.56 Å². The van der Waals surface area contributed by atoms with E-state index in [1.807, 2.05) is 13.8 Å². The van der Waals surface area contributed by atoms with Crippen molar-refractivity contribution in [1.29, 1.82) is 0 Å². The molecule has 0 spiro atoms. The van der Waals surface area contributed by atoms with Crippen molar-refractivity contribution in [2.75, 3.05) is 26.6 Å². The number of ether oxygens (including phenoxy) is 3. The molecule has 8 nitrogen and oxygen atoms in total. The zero-order valence-electron chi connectivity index (χ0n) is 15.9. The van der Waals surface area contributed by atoms with Gasteiger partial charge in [-0.3, -0.25) is 9.36 Å². The molecule has 1 aromatic carbocycles. The molecule has 0 radical (unpaired) electrons. The monoisotopic (exact) mass is 370 g/mol. The van der Waals surface area contributed by atoms with E-state index in [0.29, 0.717) is 34.5 Å². The second-order valence-electron chi connectivity index (χ2n) is 6.15. The Kier molecular flexibility index (Phi) is 5.16. The maximum atomic E-state index is 12.2. The van der Waals surface area contributed by atoms with E-state index in [1.54, 1.807) is 50.3 Å². The molecular weight excluding hydrogens is 348 g/mol. The van der Waals surface area contributed by atoms with E-state index >= 15 is 0 Å². The van der Waals surface area contributed by atoms with Crippen LogP contribution in [0.3, 0.4) is 0 Å². The minimum atomic E-state index is -0.102. The average Bonchev–Trinajstić information content (AvgIpc) is 2.66. The number of methoxy groups -OCH3 is 3. The van der Waals surface area contributed by atoms with Gasteiger partial charge >= 0.3 is 0 Å². The molecule has 3 rings (SSSR count). The number of pyridine rings is 1. The number of benzene rings is 1. The van der Waals surface area contributed by atoms with Crippen LogP contribution in [-0.2, 0) is 0 Å². The molecule has 0 amide bonds. The molecule has 8 heteroatoms. The number of nitrogens with one attached hydrogen (secondary N) is 1. The molecule has 0 aliphatic heterocycles. The van der Waals surface area contributed by atoms with Crippen molar-refractivity contribution < 1.29 is 14.2 Å². The molecule has 0 unspecified atom stereocenters. The Balaban J connectivity index is 2.07. The third-order valence-electron chi connectivity index (χ3n) is 4.10. The Labute approximate surface area is 156 Å². The van der Waals surface area contributed by atoms with Crippen LogP contribution in [0.5, 0.6) is 17.2 Å². The largest absolute Gasteiger partial charge is 0.493 e. The van der Waals surface area contributed by atoms with E-state index in [9.17, 15) is 4.79 Å². The summed E-state index contributed by atoms with van der Waals surface area (Å²) in [4.78, 5) is 21.1. The lowest BCUT2D eigenvalue weighted by Gasteiger charge is -2.15. The molecule has 2 aromatic heterocycles. The molecule has 1 N–H and O–H groups in total. The minimum absolute atomic E-state index is 0.0230. The van der Waals surface area contributed by atoms with E-state index in [1.165, 1.54) is 6.07 Å². The molecule has 0 saturated heterocycles. The van der Waals surface area contributed by atoms with Crippen LogP contribution < -0.4 is 25.1 Å². The smallest absolute Gasteiger partial charge is 0.252 e. The molecule has 27 heavy (non-hydrogen) atoms. The van der Waals surface area contributed by atoms with Gasteiger partial charge in [-0.15, -0.1) is 0 Å². The van der Waals surface area contributed by atoms with E-state index in [-0.39, 0.29) is 11.6 Å². The maximum absolute atomic E-state index is 12.2. The summed E-state index contributed by atoms with van der Waals surface area (Å²) in [5, 5.41) is 3.92. The summed E-state index contributed by atoms with van der Waals surface area (Å²) in [6.45, 7) is 3.88. The van der Waals surface area contributed by atoms with Gasteiger partial charge in [0.15, 0.2) is 11.5 Å². The SMILES string of the molecule is COc1cc(Nc2ncc3ccc(=O)n(C(C)C)c3n2)cc(OC)c1OC. The fraction of sp³-hybridized carbons (Fsp3) is 0.316. The van der Waals surface area contributed by atoms with Gasteiger partial charge in [-0.05, 0) is 19.9 Å². The third kappa shape index (κ3) is 3.51. The van der Waals surface area contributed by atoms with Gasteiger partial charge in [-0.25, -0.2) is 4.98 Å². The minimum Gasteiger partial charge on any atom is -0.493 e. The first kappa shape index (κ1) is 18.5. The highest BCUT2D eigenvalue weighted by atomic mass is 16.5. The van der Waals surface area contributed by atoms with Crippen molar-refractivity contribution in [1.82, 2.24) is 14.5 Å². The quantitative estimate of drug-likeness (QED) is 0.713. The van der Waals surface area contributed by atoms with Crippen molar-refractivity contribution in [3.05, 3.63) is 40.8 Å². The molecule has 142 valence electrons. The first-order chi connectivity index (χ1) is 13.0. The van der Waals surface area contributed by atoms with Crippen molar-refractivity contribution in [2.24, 2.45) is 0 Å². The van der Waals surface area contributed by atoms with Gasteiger partial charge in [-0.1, -0.05) is 0 Å². The zero-order chi connectivity index (χ0) is 19.6. The Hall–Kier alpha value is -3.29. The summed E-state index contributed by atoms with van der Waals surface area (Å²) >= 11 is 0. The Morgan fingerprint density at radius 3 is 2.26 bits per heavy atom. The number of anilines is 2. The second-order valence-corrected chi connectivity index (χ2v) is 6.15. The summed E-state index contributed by atoms with van der Waals surface area (Å²) in [6, 6.07) is 6.74. The predicted octanol–water partition coefficient (Wildman–Crippen LogP) is 3.14. The normalized spacial score (nSPS) is 10.9. The van der Waals surface area contributed by atoms with Crippen molar-refractivity contribution in [2.45, 2.75) is 19.9 Å². The van der Waals surface area contributed by atoms with Gasteiger partial charge in [0, 0.05) is 41.5 Å². The molecule has 0 atom stereocenters. The van der Waals surface area contributed by atoms with E-state index in [2.05, 4.69) is 15.3 Å². The standard InChI is InChI=1S/C19H22N4O4/c1-11(2)23-16(24)7-6-12-10-20-19(22-18(12)23)21-13-8-14(25-3)17(27-5)15(9-13)26-4/h6-11H,1-5H3,(H,20,21,22). The second kappa shape index (κ2) is 7.53. The predicted molar refractivity (Wildman–Crippen MR) is 104 cm³/mol. The van der Waals surface area contributed by atoms with Crippen LogP contribution in [-0.4, -0.2) is 35.9 Å². The Morgan fingerprint density at radius 2 is 1.70 bits per heavy atom. The molecule has 0 aliphatic carbocycles. The van der Waals surface area contributed by atoms with Gasteiger partial charge < -0.3 is 19.5 Å². The van der Waals surface area contributed by atoms with Crippen LogP contribution in [0, 0.1) is 0 Å². The van der Waals surface area contributed by atoms with Crippen molar-refractivity contribution in [3.8, 4) is 17.2 Å². The van der Waals surface area contributed by atoms with Crippen LogP contribution in [0.1, 0.15) is 19.9 Å². The third-order valence-corrected chi connectivity index (χ3v) is 4.10. The number of rotatable bonds is 6. The number of nitrogens with zero attached hydrogens (tertiary/aromatic N) is 3. The summed E-state index contributed by atoms with van der Waals surface area (Å²) < 4.78 is 17.7. The number of aromatic nitrogens is 3. The zero-order valence-corrected chi connectivity index (χ0v) is 15.9. The highest BCUT2D eigenvalue weighted by Gasteiger charge is 2.15. The van der Waals surface area contributed by atoms with Crippen LogP contribution in [0.15, 0.2) is 35.3 Å². The van der Waals surface area contributed by atoms with Crippen molar-refractivity contribution >= 4 is 22.7 Å². The van der Waals surface area contributed by atoms with E-state index < -0.39 is 0 Å². The summed E-state index contributed by atoms with van der Waals surface area (Å²) in [6.07, 6.45) is 1.68. The fourth-order valence-corrected chi connectivity index (χ4v) is 2.88. The first-order valence-corrected chi connectivity index (χ1v) is 8.43. The van der Waals surface area contributed by atoms with Gasteiger partial charge in [-0.2, -0.15) is 4.98 Å². The van der Waals surface area contributed by atoms with Crippen LogP contribution in [0.4, 0.5) is 11.6 Å². The maximum Gasteiger partial charge on any atom is 0.252 e. The fourth-order valence-electron chi connectivity index (χ4n) is 2.88. The Morgan fingerprint density at radius 1 is 1.04 bits per heavy atom. The molecule has 0 saturated carbocycles. The highest BCUT2D eigenvalue weighted by Crippen LogP contribution is 2.40. The lowest BCUT2D eigenvalue weighted by Crippen LogP contribution is -2.22. The van der Waals surface area contributed by atoms with E-state index in [0.717, 1.165) is 5.39 Å². The molecule has 0 bridgehead atoms. The average molecular weight is 370 g/mol. The summed E-state index contributed by atoms with van der Waals surface area (Å²) in [5.74, 6) is 1.88. The van der Waals surface area contributed by atoms with Crippen LogP contribution in [0.2, 0.25) is 0 Å². The van der Waals surface area contributed by atoms with Crippen LogP contribution in [0.25, 0.3) is 11.0 Å². The van der Waals surface area contributed by atoms with Crippen molar-refractivity contribution in [3.63, 3.8) is 0 Å². The van der Waals surface area contributed by atoms with Crippen LogP contribution >= 0.6 is 0 Å². The van der Waals surface area contributed by atoms with E-state index in [4.69, 9.17) is 14.2 Å². The molecular formula is C19H22N4O4. The number of hydrogen-bond donors (Lipinski definition) is 1. The molecule has 0 aliphatic rings. The molecule has 0 fully saturated rings. The first-order valence-electron chi connectivity index (χ1n) is 8.43. The number of hydrogen-bond acceptors (Lipinski definition) is 7. The summed E-state index contributed by atoms with van der Waals surface area (Å²) in [5.41, 5.74) is 1.13. The topological polar surface area (TPSA) is 87.5 Å². The van der Waals surface area contributed by atoms with Gasteiger partial charge in [0.2, 0.25) is 11.7 Å². The lowest BCUT2D eigenvalue weighted by atomic mass is 10.2. The Bertz CT molecular complexity index is 1000. The van der Waals surface area contributed by atoms with Gasteiger partial charge in [0.05, 0.1) is 21.3 Å². The lowest BCUT2D eigenvalue weighted by molar-refractivity contribution is 0.324. The number of fused-ring (bicyclic) bond motifs is 1. The molecule has 2 heterocycles. The molecule has 3 aromatic rings. The highest BCUT2D eigenvalue weighted by molar-refractivity contribution is 5.76.